The quantitative estimate of drug-likeness (QED) is 0.521. The third kappa shape index (κ3) is 4.75. The number of carbonyl (C=O) groups is 2. The van der Waals surface area contributed by atoms with Gasteiger partial charge in [0.15, 0.2) is 0 Å². The molecule has 1 atom stereocenters. The number of benzene rings is 3. The minimum atomic E-state index is -0.539. The summed E-state index contributed by atoms with van der Waals surface area (Å²) in [6.07, 6.45) is 1.24. The van der Waals surface area contributed by atoms with Crippen molar-refractivity contribution in [2.45, 2.75) is 25.6 Å². The lowest BCUT2D eigenvalue weighted by molar-refractivity contribution is 0.00360. The van der Waals surface area contributed by atoms with Crippen LogP contribution in [-0.4, -0.2) is 65.6 Å². The van der Waals surface area contributed by atoms with Crippen LogP contribution in [0.2, 0.25) is 0 Å². The van der Waals surface area contributed by atoms with Gasteiger partial charge in [-0.15, -0.1) is 0 Å². The van der Waals surface area contributed by atoms with Gasteiger partial charge in [-0.05, 0) is 54.9 Å². The molecule has 2 aliphatic rings. The number of aliphatic hydroxyl groups excluding tert-OH is 1. The van der Waals surface area contributed by atoms with E-state index in [9.17, 15) is 14.7 Å². The van der Waals surface area contributed by atoms with Crippen molar-refractivity contribution >= 4 is 22.6 Å². The standard InChI is InChI=1S/C28H30N2O4/c31-23(19-34-18-21-6-2-1-3-7-21)17-29-14-12-20(13-15-29)16-30-27(32)24-10-4-8-22-9-5-11-25(26(22)24)28(30)33/h1-11,20,23,31H,12-19H2/t23-/m0/s1. The largest absolute Gasteiger partial charge is 0.389 e. The van der Waals surface area contributed by atoms with Crippen LogP contribution < -0.4 is 0 Å². The third-order valence-corrected chi connectivity index (χ3v) is 6.89. The smallest absolute Gasteiger partial charge is 0.261 e. The van der Waals surface area contributed by atoms with Gasteiger partial charge in [0.2, 0.25) is 0 Å². The number of rotatable bonds is 8. The average molecular weight is 459 g/mol. The van der Waals surface area contributed by atoms with E-state index in [0.29, 0.717) is 37.4 Å². The van der Waals surface area contributed by atoms with E-state index in [1.54, 1.807) is 0 Å². The highest BCUT2D eigenvalue weighted by atomic mass is 16.5. The van der Waals surface area contributed by atoms with Gasteiger partial charge < -0.3 is 14.7 Å². The van der Waals surface area contributed by atoms with Crippen molar-refractivity contribution in [3.63, 3.8) is 0 Å². The zero-order valence-corrected chi connectivity index (χ0v) is 19.2. The molecule has 0 saturated carbocycles. The molecule has 1 saturated heterocycles. The van der Waals surface area contributed by atoms with Gasteiger partial charge in [-0.3, -0.25) is 14.5 Å². The molecule has 0 aliphatic carbocycles. The number of hydrogen-bond acceptors (Lipinski definition) is 5. The maximum Gasteiger partial charge on any atom is 0.261 e. The molecular formula is C28H30N2O4. The molecule has 0 aromatic heterocycles. The predicted octanol–water partition coefficient (Wildman–Crippen LogP) is 3.73. The van der Waals surface area contributed by atoms with Gasteiger partial charge in [-0.25, -0.2) is 0 Å². The summed E-state index contributed by atoms with van der Waals surface area (Å²) in [6.45, 7) is 3.48. The molecule has 5 rings (SSSR count). The van der Waals surface area contributed by atoms with Crippen LogP contribution in [0.1, 0.15) is 39.1 Å². The number of piperidine rings is 1. The van der Waals surface area contributed by atoms with Crippen molar-refractivity contribution < 1.29 is 19.4 Å². The van der Waals surface area contributed by atoms with Crippen LogP contribution >= 0.6 is 0 Å². The number of amides is 2. The van der Waals surface area contributed by atoms with Crippen LogP contribution in [-0.2, 0) is 11.3 Å². The topological polar surface area (TPSA) is 70.1 Å². The average Bonchev–Trinajstić information content (AvgIpc) is 2.86. The molecule has 2 amide bonds. The Bertz CT molecular complexity index is 1120. The zero-order valence-electron chi connectivity index (χ0n) is 19.2. The molecule has 0 radical (unpaired) electrons. The summed E-state index contributed by atoms with van der Waals surface area (Å²) in [5.74, 6) is -0.120. The maximum atomic E-state index is 13.1. The SMILES string of the molecule is O=C1c2cccc3cccc(c23)C(=O)N1CC1CCN(C[C@H](O)COCc2ccccc2)CC1. The lowest BCUT2D eigenvalue weighted by Gasteiger charge is -2.36. The zero-order chi connectivity index (χ0) is 23.5. The monoisotopic (exact) mass is 458 g/mol. The first-order chi connectivity index (χ1) is 16.6. The highest BCUT2D eigenvalue weighted by Crippen LogP contribution is 2.31. The van der Waals surface area contributed by atoms with E-state index in [2.05, 4.69) is 4.90 Å². The number of β-amino-alcohol motifs (C(OH)–C–C–N with tert-alkyl or cyclic N) is 1. The van der Waals surface area contributed by atoms with Crippen LogP contribution in [0.5, 0.6) is 0 Å². The second-order valence-corrected chi connectivity index (χ2v) is 9.33. The van der Waals surface area contributed by atoms with Crippen LogP contribution in [0.4, 0.5) is 0 Å². The summed E-state index contributed by atoms with van der Waals surface area (Å²) in [5, 5.41) is 12.1. The minimum Gasteiger partial charge on any atom is -0.389 e. The highest BCUT2D eigenvalue weighted by molar-refractivity contribution is 6.25. The van der Waals surface area contributed by atoms with E-state index in [0.717, 1.165) is 42.3 Å². The Balaban J connectivity index is 1.12. The first kappa shape index (κ1) is 22.7. The number of hydrogen-bond donors (Lipinski definition) is 1. The summed E-state index contributed by atoms with van der Waals surface area (Å²) >= 11 is 0. The van der Waals surface area contributed by atoms with E-state index in [-0.39, 0.29) is 17.7 Å². The number of aliphatic hydroxyl groups is 1. The Morgan fingerprint density at radius 3 is 2.18 bits per heavy atom. The van der Waals surface area contributed by atoms with Crippen molar-refractivity contribution in [2.24, 2.45) is 5.92 Å². The van der Waals surface area contributed by atoms with Gasteiger partial charge in [-0.1, -0.05) is 54.6 Å². The Hall–Kier alpha value is -3.06. The maximum absolute atomic E-state index is 13.1. The van der Waals surface area contributed by atoms with Gasteiger partial charge in [-0.2, -0.15) is 0 Å². The molecule has 0 unspecified atom stereocenters. The Morgan fingerprint density at radius 1 is 0.882 bits per heavy atom. The van der Waals surface area contributed by atoms with E-state index in [1.807, 2.05) is 66.7 Å². The molecule has 6 nitrogen and oxygen atoms in total. The Kier molecular flexibility index (Phi) is 6.72. The number of nitrogens with zero attached hydrogens (tertiary/aromatic N) is 2. The van der Waals surface area contributed by atoms with Crippen molar-refractivity contribution in [1.29, 1.82) is 0 Å². The molecule has 3 aromatic rings. The fourth-order valence-electron chi connectivity index (χ4n) is 5.09. The summed E-state index contributed by atoms with van der Waals surface area (Å²) < 4.78 is 5.66. The summed E-state index contributed by atoms with van der Waals surface area (Å²) in [5.41, 5.74) is 2.32. The van der Waals surface area contributed by atoms with Crippen molar-refractivity contribution in [3.8, 4) is 0 Å². The Morgan fingerprint density at radius 2 is 1.53 bits per heavy atom. The van der Waals surface area contributed by atoms with Gasteiger partial charge in [0.05, 0.1) is 19.3 Å². The summed E-state index contributed by atoms with van der Waals surface area (Å²) in [7, 11) is 0. The van der Waals surface area contributed by atoms with Crippen molar-refractivity contribution in [2.75, 3.05) is 32.8 Å². The Labute approximate surface area is 199 Å². The number of likely N-dealkylation sites (tertiary alicyclic amines) is 1. The number of carbonyl (C=O) groups excluding carboxylic acids is 2. The second-order valence-electron chi connectivity index (χ2n) is 9.33. The molecule has 2 heterocycles. The van der Waals surface area contributed by atoms with Gasteiger partial charge in [0.1, 0.15) is 0 Å². The molecule has 0 bridgehead atoms. The van der Waals surface area contributed by atoms with Crippen LogP contribution in [0.15, 0.2) is 66.7 Å². The first-order valence-corrected chi connectivity index (χ1v) is 12.0. The highest BCUT2D eigenvalue weighted by Gasteiger charge is 2.34. The minimum absolute atomic E-state index is 0.192. The lowest BCUT2D eigenvalue weighted by Crippen LogP contribution is -2.46. The molecule has 1 fully saturated rings. The first-order valence-electron chi connectivity index (χ1n) is 12.0. The van der Waals surface area contributed by atoms with Crippen molar-refractivity contribution in [1.82, 2.24) is 9.80 Å². The van der Waals surface area contributed by atoms with Crippen LogP contribution in [0.3, 0.4) is 0 Å². The molecule has 0 spiro atoms. The van der Waals surface area contributed by atoms with E-state index in [1.165, 1.54) is 4.90 Å². The summed E-state index contributed by atoms with van der Waals surface area (Å²) in [4.78, 5) is 30.0. The third-order valence-electron chi connectivity index (χ3n) is 6.89. The number of imide groups is 1. The lowest BCUT2D eigenvalue weighted by atomic mass is 9.91. The van der Waals surface area contributed by atoms with Crippen LogP contribution in [0, 0.1) is 5.92 Å². The fraction of sp³-hybridized carbons (Fsp3) is 0.357. The van der Waals surface area contributed by atoms with E-state index >= 15 is 0 Å². The molecule has 6 heteroatoms. The van der Waals surface area contributed by atoms with E-state index in [4.69, 9.17) is 4.74 Å². The summed E-state index contributed by atoms with van der Waals surface area (Å²) in [6, 6.07) is 21.2. The van der Waals surface area contributed by atoms with E-state index < -0.39 is 6.10 Å². The molecular weight excluding hydrogens is 428 g/mol. The normalized spacial score (nSPS) is 18.0. The van der Waals surface area contributed by atoms with Crippen LogP contribution in [0.25, 0.3) is 10.8 Å². The predicted molar refractivity (Wildman–Crippen MR) is 131 cm³/mol. The molecule has 34 heavy (non-hydrogen) atoms. The second kappa shape index (κ2) is 10.1. The molecule has 1 N–H and O–H groups in total. The van der Waals surface area contributed by atoms with Gasteiger partial charge >= 0.3 is 0 Å². The number of ether oxygens (including phenoxy) is 1. The molecule has 3 aromatic carbocycles. The van der Waals surface area contributed by atoms with Gasteiger partial charge in [0.25, 0.3) is 11.8 Å². The van der Waals surface area contributed by atoms with Gasteiger partial charge in [0, 0.05) is 29.6 Å². The molecule has 176 valence electrons. The van der Waals surface area contributed by atoms with Crippen molar-refractivity contribution in [3.05, 3.63) is 83.4 Å². The molecule has 2 aliphatic heterocycles. The fourth-order valence-corrected chi connectivity index (χ4v) is 5.09.